The lowest BCUT2D eigenvalue weighted by Crippen LogP contribution is -1.98. The fourth-order valence-corrected chi connectivity index (χ4v) is 3.21. The second kappa shape index (κ2) is 6.73. The SMILES string of the molecule is CCOc1ccc(-c2csc(-c3ccccc3CN)n2)cc1. The van der Waals surface area contributed by atoms with Crippen LogP contribution in [0, 0.1) is 0 Å². The van der Waals surface area contributed by atoms with Gasteiger partial charge in [-0.05, 0) is 36.8 Å². The fraction of sp³-hybridized carbons (Fsp3) is 0.167. The zero-order chi connectivity index (χ0) is 15.4. The Bertz CT molecular complexity index is 750. The largest absolute Gasteiger partial charge is 0.494 e. The Hall–Kier alpha value is -2.17. The molecule has 0 aliphatic rings. The second-order valence-corrected chi connectivity index (χ2v) is 5.71. The van der Waals surface area contributed by atoms with Gasteiger partial charge in [0, 0.05) is 23.1 Å². The number of nitrogens with two attached hydrogens (primary N) is 1. The Kier molecular flexibility index (Phi) is 4.51. The van der Waals surface area contributed by atoms with Crippen molar-refractivity contribution in [3.8, 4) is 27.6 Å². The van der Waals surface area contributed by atoms with E-state index >= 15 is 0 Å². The highest BCUT2D eigenvalue weighted by Gasteiger charge is 2.09. The number of aromatic nitrogens is 1. The monoisotopic (exact) mass is 310 g/mol. The molecule has 0 spiro atoms. The Balaban J connectivity index is 1.90. The molecule has 1 aromatic heterocycles. The third kappa shape index (κ3) is 3.03. The minimum absolute atomic E-state index is 0.522. The smallest absolute Gasteiger partial charge is 0.124 e. The number of ether oxygens (including phenoxy) is 1. The Morgan fingerprint density at radius 3 is 2.59 bits per heavy atom. The summed E-state index contributed by atoms with van der Waals surface area (Å²) in [5.41, 5.74) is 10.1. The first-order valence-electron chi connectivity index (χ1n) is 7.29. The summed E-state index contributed by atoms with van der Waals surface area (Å²) < 4.78 is 5.47. The first-order valence-corrected chi connectivity index (χ1v) is 8.17. The van der Waals surface area contributed by atoms with Gasteiger partial charge in [-0.15, -0.1) is 11.3 Å². The summed E-state index contributed by atoms with van der Waals surface area (Å²) >= 11 is 1.64. The van der Waals surface area contributed by atoms with Crippen LogP contribution in [0.4, 0.5) is 0 Å². The van der Waals surface area contributed by atoms with Gasteiger partial charge in [-0.2, -0.15) is 0 Å². The quantitative estimate of drug-likeness (QED) is 0.763. The molecule has 3 rings (SSSR count). The van der Waals surface area contributed by atoms with Crippen LogP contribution in [0.25, 0.3) is 21.8 Å². The summed E-state index contributed by atoms with van der Waals surface area (Å²) in [5.74, 6) is 0.884. The Morgan fingerprint density at radius 2 is 1.86 bits per heavy atom. The standard InChI is InChI=1S/C18H18N2OS/c1-2-21-15-9-7-13(8-10-15)17-12-22-18(20-17)16-6-4-3-5-14(16)11-19/h3-10,12H,2,11,19H2,1H3. The molecule has 0 atom stereocenters. The molecule has 112 valence electrons. The van der Waals surface area contributed by atoms with Gasteiger partial charge in [0.25, 0.3) is 0 Å². The van der Waals surface area contributed by atoms with Crippen molar-refractivity contribution in [1.82, 2.24) is 4.98 Å². The van der Waals surface area contributed by atoms with Gasteiger partial charge in [0.05, 0.1) is 12.3 Å². The molecule has 0 fully saturated rings. The zero-order valence-electron chi connectivity index (χ0n) is 12.5. The third-order valence-electron chi connectivity index (χ3n) is 3.43. The predicted molar refractivity (Wildman–Crippen MR) is 92.0 cm³/mol. The molecule has 0 amide bonds. The van der Waals surface area contributed by atoms with E-state index in [4.69, 9.17) is 15.5 Å². The molecule has 1 heterocycles. The Morgan fingerprint density at radius 1 is 1.09 bits per heavy atom. The van der Waals surface area contributed by atoms with E-state index in [-0.39, 0.29) is 0 Å². The van der Waals surface area contributed by atoms with Crippen LogP contribution >= 0.6 is 11.3 Å². The molecular weight excluding hydrogens is 292 g/mol. The van der Waals surface area contributed by atoms with Gasteiger partial charge in [0.1, 0.15) is 10.8 Å². The maximum atomic E-state index is 5.81. The van der Waals surface area contributed by atoms with Gasteiger partial charge < -0.3 is 10.5 Å². The van der Waals surface area contributed by atoms with Crippen molar-refractivity contribution < 1.29 is 4.74 Å². The van der Waals surface area contributed by atoms with Crippen LogP contribution in [-0.4, -0.2) is 11.6 Å². The highest BCUT2D eigenvalue weighted by Crippen LogP contribution is 2.31. The van der Waals surface area contributed by atoms with Crippen molar-refractivity contribution in [2.75, 3.05) is 6.61 Å². The zero-order valence-corrected chi connectivity index (χ0v) is 13.3. The molecule has 22 heavy (non-hydrogen) atoms. The summed E-state index contributed by atoms with van der Waals surface area (Å²) in [4.78, 5) is 4.76. The third-order valence-corrected chi connectivity index (χ3v) is 4.31. The molecule has 0 radical (unpaired) electrons. The summed E-state index contributed by atoms with van der Waals surface area (Å²) in [5, 5.41) is 3.09. The molecule has 2 aromatic carbocycles. The summed E-state index contributed by atoms with van der Waals surface area (Å²) in [6.07, 6.45) is 0. The number of hydrogen-bond acceptors (Lipinski definition) is 4. The van der Waals surface area contributed by atoms with Crippen molar-refractivity contribution in [3.63, 3.8) is 0 Å². The number of benzene rings is 2. The average molecular weight is 310 g/mol. The molecule has 0 saturated heterocycles. The van der Waals surface area contributed by atoms with Crippen LogP contribution in [-0.2, 0) is 6.54 Å². The number of hydrogen-bond donors (Lipinski definition) is 1. The van der Waals surface area contributed by atoms with Crippen molar-refractivity contribution in [2.45, 2.75) is 13.5 Å². The maximum absolute atomic E-state index is 5.81. The lowest BCUT2D eigenvalue weighted by molar-refractivity contribution is 0.340. The summed E-state index contributed by atoms with van der Waals surface area (Å²) in [6.45, 7) is 3.18. The van der Waals surface area contributed by atoms with E-state index < -0.39 is 0 Å². The lowest BCUT2D eigenvalue weighted by Gasteiger charge is -2.04. The van der Waals surface area contributed by atoms with Gasteiger partial charge in [-0.3, -0.25) is 0 Å². The first kappa shape index (κ1) is 14.8. The van der Waals surface area contributed by atoms with E-state index in [1.807, 2.05) is 49.4 Å². The second-order valence-electron chi connectivity index (χ2n) is 4.86. The van der Waals surface area contributed by atoms with Crippen molar-refractivity contribution in [2.24, 2.45) is 5.73 Å². The van der Waals surface area contributed by atoms with E-state index in [0.29, 0.717) is 13.2 Å². The average Bonchev–Trinajstić information content (AvgIpc) is 3.05. The van der Waals surface area contributed by atoms with Crippen LogP contribution in [0.3, 0.4) is 0 Å². The molecule has 0 unspecified atom stereocenters. The molecule has 0 aliphatic carbocycles. The minimum Gasteiger partial charge on any atom is -0.494 e. The van der Waals surface area contributed by atoms with E-state index in [1.54, 1.807) is 11.3 Å². The van der Waals surface area contributed by atoms with Crippen LogP contribution in [0.5, 0.6) is 5.75 Å². The van der Waals surface area contributed by atoms with E-state index in [9.17, 15) is 0 Å². The number of thiazole rings is 1. The van der Waals surface area contributed by atoms with Gasteiger partial charge >= 0.3 is 0 Å². The fourth-order valence-electron chi connectivity index (χ4n) is 2.33. The number of nitrogens with zero attached hydrogens (tertiary/aromatic N) is 1. The Labute approximate surface area is 134 Å². The van der Waals surface area contributed by atoms with Crippen LogP contribution in [0.15, 0.2) is 53.9 Å². The normalized spacial score (nSPS) is 10.6. The van der Waals surface area contributed by atoms with E-state index in [0.717, 1.165) is 33.1 Å². The summed E-state index contributed by atoms with van der Waals surface area (Å²) in [7, 11) is 0. The number of rotatable bonds is 5. The van der Waals surface area contributed by atoms with Gasteiger partial charge in [-0.1, -0.05) is 24.3 Å². The minimum atomic E-state index is 0.522. The lowest BCUT2D eigenvalue weighted by atomic mass is 10.1. The molecular formula is C18H18N2OS. The highest BCUT2D eigenvalue weighted by molar-refractivity contribution is 7.13. The van der Waals surface area contributed by atoms with Gasteiger partial charge in [0.2, 0.25) is 0 Å². The van der Waals surface area contributed by atoms with Crippen molar-refractivity contribution >= 4 is 11.3 Å². The van der Waals surface area contributed by atoms with Crippen LogP contribution < -0.4 is 10.5 Å². The molecule has 2 N–H and O–H groups in total. The topological polar surface area (TPSA) is 48.1 Å². The van der Waals surface area contributed by atoms with E-state index in [1.165, 1.54) is 0 Å². The van der Waals surface area contributed by atoms with Crippen molar-refractivity contribution in [1.29, 1.82) is 0 Å². The molecule has 3 aromatic rings. The predicted octanol–water partition coefficient (Wildman–Crippen LogP) is 4.33. The molecule has 0 bridgehead atoms. The maximum Gasteiger partial charge on any atom is 0.124 e. The van der Waals surface area contributed by atoms with Gasteiger partial charge in [-0.25, -0.2) is 4.98 Å². The molecule has 4 heteroatoms. The van der Waals surface area contributed by atoms with Crippen LogP contribution in [0.2, 0.25) is 0 Å². The van der Waals surface area contributed by atoms with Gasteiger partial charge in [0.15, 0.2) is 0 Å². The molecule has 3 nitrogen and oxygen atoms in total. The highest BCUT2D eigenvalue weighted by atomic mass is 32.1. The molecule has 0 saturated carbocycles. The summed E-state index contributed by atoms with van der Waals surface area (Å²) in [6, 6.07) is 16.2. The van der Waals surface area contributed by atoms with Crippen LogP contribution in [0.1, 0.15) is 12.5 Å². The van der Waals surface area contributed by atoms with E-state index in [2.05, 4.69) is 11.4 Å². The molecule has 0 aliphatic heterocycles. The first-order chi connectivity index (χ1) is 10.8. The van der Waals surface area contributed by atoms with Crippen molar-refractivity contribution in [3.05, 3.63) is 59.5 Å².